The predicted octanol–water partition coefficient (Wildman–Crippen LogP) is 1.40. The van der Waals surface area contributed by atoms with Crippen molar-refractivity contribution in [2.45, 2.75) is 46.2 Å². The molecule has 0 bridgehead atoms. The average molecular weight is 240 g/mol. The quantitative estimate of drug-likeness (QED) is 0.535. The average Bonchev–Trinajstić information content (AvgIpc) is 2.63. The van der Waals surface area contributed by atoms with E-state index in [4.69, 9.17) is 4.74 Å². The van der Waals surface area contributed by atoms with E-state index in [2.05, 4.69) is 0 Å². The van der Waals surface area contributed by atoms with Gasteiger partial charge in [-0.15, -0.1) is 0 Å². The second kappa shape index (κ2) is 6.93. The van der Waals surface area contributed by atoms with Crippen molar-refractivity contribution in [3.05, 3.63) is 22.9 Å². The summed E-state index contributed by atoms with van der Waals surface area (Å²) in [4.78, 5) is 23.2. The second-order valence-corrected chi connectivity index (χ2v) is 3.98. The number of ether oxygens (including phenoxy) is 1. The molecule has 96 valence electrons. The molecule has 0 amide bonds. The van der Waals surface area contributed by atoms with Crippen molar-refractivity contribution in [1.82, 2.24) is 9.13 Å². The van der Waals surface area contributed by atoms with E-state index in [0.717, 1.165) is 19.3 Å². The van der Waals surface area contributed by atoms with Crippen molar-refractivity contribution in [2.24, 2.45) is 0 Å². The Balaban J connectivity index is 2.51. The summed E-state index contributed by atoms with van der Waals surface area (Å²) in [5.41, 5.74) is -0.153. The van der Waals surface area contributed by atoms with Crippen LogP contribution in [0.15, 0.2) is 17.2 Å². The second-order valence-electron chi connectivity index (χ2n) is 3.98. The Morgan fingerprint density at radius 1 is 1.24 bits per heavy atom. The van der Waals surface area contributed by atoms with Crippen molar-refractivity contribution in [3.8, 4) is 0 Å². The van der Waals surface area contributed by atoms with E-state index in [9.17, 15) is 9.59 Å². The summed E-state index contributed by atoms with van der Waals surface area (Å²) in [6.07, 6.45) is 6.06. The van der Waals surface area contributed by atoms with Crippen LogP contribution in [0.5, 0.6) is 0 Å². The topological polar surface area (TPSA) is 53.2 Å². The van der Waals surface area contributed by atoms with Gasteiger partial charge in [0, 0.05) is 18.9 Å². The first-order valence-electron chi connectivity index (χ1n) is 6.10. The lowest BCUT2D eigenvalue weighted by atomic mass is 10.4. The Morgan fingerprint density at radius 3 is 2.59 bits per heavy atom. The van der Waals surface area contributed by atoms with Crippen LogP contribution in [-0.4, -0.2) is 21.7 Å². The van der Waals surface area contributed by atoms with Crippen LogP contribution in [0.4, 0.5) is 0 Å². The molecular weight excluding hydrogens is 220 g/mol. The molecule has 0 aliphatic rings. The fourth-order valence-electron chi connectivity index (χ4n) is 1.50. The van der Waals surface area contributed by atoms with Gasteiger partial charge in [0.2, 0.25) is 0 Å². The zero-order valence-electron chi connectivity index (χ0n) is 10.5. The highest BCUT2D eigenvalue weighted by Gasteiger charge is 2.08. The summed E-state index contributed by atoms with van der Waals surface area (Å²) in [5, 5.41) is 0. The highest BCUT2D eigenvalue weighted by molar-refractivity contribution is 5.69. The number of imidazole rings is 1. The summed E-state index contributed by atoms with van der Waals surface area (Å²) in [7, 11) is 0. The molecule has 0 radical (unpaired) electrons. The molecule has 1 aromatic rings. The molecule has 1 aromatic heterocycles. The molecule has 5 nitrogen and oxygen atoms in total. The minimum atomic E-state index is -0.352. The van der Waals surface area contributed by atoms with Crippen LogP contribution in [0.1, 0.15) is 33.1 Å². The maximum atomic E-state index is 11.7. The fraction of sp³-hybridized carbons (Fsp3) is 0.667. The van der Waals surface area contributed by atoms with Crippen LogP contribution in [0.3, 0.4) is 0 Å². The minimum absolute atomic E-state index is 0.000732. The van der Waals surface area contributed by atoms with Crippen LogP contribution in [-0.2, 0) is 22.6 Å². The van der Waals surface area contributed by atoms with Gasteiger partial charge in [0.05, 0.1) is 6.61 Å². The molecule has 1 heterocycles. The molecule has 0 aliphatic heterocycles. The number of carbonyl (C=O) groups excluding carboxylic acids is 1. The van der Waals surface area contributed by atoms with Gasteiger partial charge in [-0.25, -0.2) is 4.79 Å². The third-order valence-electron chi connectivity index (χ3n) is 2.44. The van der Waals surface area contributed by atoms with Gasteiger partial charge in [-0.2, -0.15) is 0 Å². The number of unbranched alkanes of at least 4 members (excludes halogenated alkanes) is 1. The molecule has 17 heavy (non-hydrogen) atoms. The van der Waals surface area contributed by atoms with E-state index >= 15 is 0 Å². The van der Waals surface area contributed by atoms with E-state index < -0.39 is 0 Å². The first kappa shape index (κ1) is 13.5. The molecule has 1 rings (SSSR count). The summed E-state index contributed by atoms with van der Waals surface area (Å²) >= 11 is 0. The maximum Gasteiger partial charge on any atom is 0.328 e. The SMILES string of the molecule is CCCCOC(=O)Cn1ccn(CCC)c1=O. The standard InChI is InChI=1S/C12H20N2O3/c1-3-5-9-17-11(15)10-14-8-7-13(6-4-2)12(14)16/h7-8H,3-6,9-10H2,1-2H3. The normalized spacial score (nSPS) is 10.5. The first-order chi connectivity index (χ1) is 8.19. The molecule has 0 aliphatic carbocycles. The number of hydrogen-bond donors (Lipinski definition) is 0. The molecule has 0 N–H and O–H groups in total. The molecule has 0 aromatic carbocycles. The number of rotatable bonds is 7. The van der Waals surface area contributed by atoms with Gasteiger partial charge >= 0.3 is 11.7 Å². The van der Waals surface area contributed by atoms with Crippen molar-refractivity contribution in [2.75, 3.05) is 6.61 Å². The predicted molar refractivity (Wildman–Crippen MR) is 64.9 cm³/mol. The highest BCUT2D eigenvalue weighted by Crippen LogP contribution is 1.92. The Labute approximate surface area is 101 Å². The third-order valence-corrected chi connectivity index (χ3v) is 2.44. The van der Waals surface area contributed by atoms with Gasteiger partial charge in [-0.3, -0.25) is 13.9 Å². The van der Waals surface area contributed by atoms with Gasteiger partial charge in [0.15, 0.2) is 0 Å². The lowest BCUT2D eigenvalue weighted by Crippen LogP contribution is -2.27. The Hall–Kier alpha value is -1.52. The number of nitrogens with zero attached hydrogens (tertiary/aromatic N) is 2. The van der Waals surface area contributed by atoms with Crippen molar-refractivity contribution in [1.29, 1.82) is 0 Å². The summed E-state index contributed by atoms with van der Waals surface area (Å²) in [6.45, 7) is 5.14. The lowest BCUT2D eigenvalue weighted by Gasteiger charge is -2.03. The Bertz CT molecular complexity index is 406. The Morgan fingerprint density at radius 2 is 1.94 bits per heavy atom. The molecule has 0 atom stereocenters. The van der Waals surface area contributed by atoms with Gasteiger partial charge < -0.3 is 4.74 Å². The zero-order valence-corrected chi connectivity index (χ0v) is 10.5. The number of esters is 1. The van der Waals surface area contributed by atoms with Gasteiger partial charge in [0.25, 0.3) is 0 Å². The van der Waals surface area contributed by atoms with Gasteiger partial charge in [-0.05, 0) is 12.8 Å². The zero-order chi connectivity index (χ0) is 12.7. The van der Waals surface area contributed by atoms with E-state index in [1.54, 1.807) is 17.0 Å². The summed E-state index contributed by atoms with van der Waals surface area (Å²) < 4.78 is 7.98. The largest absolute Gasteiger partial charge is 0.464 e. The summed E-state index contributed by atoms with van der Waals surface area (Å²) in [5.74, 6) is -0.352. The van der Waals surface area contributed by atoms with Crippen LogP contribution in [0.25, 0.3) is 0 Å². The molecule has 0 fully saturated rings. The first-order valence-corrected chi connectivity index (χ1v) is 6.10. The molecule has 0 saturated heterocycles. The van der Waals surface area contributed by atoms with E-state index in [1.165, 1.54) is 4.57 Å². The number of aryl methyl sites for hydroxylation is 1. The number of carbonyl (C=O) groups is 1. The van der Waals surface area contributed by atoms with E-state index in [1.807, 2.05) is 13.8 Å². The van der Waals surface area contributed by atoms with Crippen molar-refractivity contribution < 1.29 is 9.53 Å². The number of aromatic nitrogens is 2. The van der Waals surface area contributed by atoms with Crippen LogP contribution >= 0.6 is 0 Å². The summed E-state index contributed by atoms with van der Waals surface area (Å²) in [6, 6.07) is 0. The van der Waals surface area contributed by atoms with Crippen molar-refractivity contribution in [3.63, 3.8) is 0 Å². The van der Waals surface area contributed by atoms with E-state index in [-0.39, 0.29) is 18.2 Å². The van der Waals surface area contributed by atoms with Crippen LogP contribution < -0.4 is 5.69 Å². The van der Waals surface area contributed by atoms with Gasteiger partial charge in [-0.1, -0.05) is 20.3 Å². The maximum absolute atomic E-state index is 11.7. The lowest BCUT2D eigenvalue weighted by molar-refractivity contribution is -0.144. The van der Waals surface area contributed by atoms with Crippen LogP contribution in [0.2, 0.25) is 0 Å². The molecule has 5 heteroatoms. The fourth-order valence-corrected chi connectivity index (χ4v) is 1.50. The smallest absolute Gasteiger partial charge is 0.328 e. The van der Waals surface area contributed by atoms with Gasteiger partial charge in [0.1, 0.15) is 6.54 Å². The molecule has 0 unspecified atom stereocenters. The van der Waals surface area contributed by atoms with Crippen molar-refractivity contribution >= 4 is 5.97 Å². The third kappa shape index (κ3) is 4.09. The minimum Gasteiger partial charge on any atom is -0.464 e. The molecule has 0 spiro atoms. The highest BCUT2D eigenvalue weighted by atomic mass is 16.5. The van der Waals surface area contributed by atoms with E-state index in [0.29, 0.717) is 13.2 Å². The van der Waals surface area contributed by atoms with Crippen LogP contribution in [0, 0.1) is 0 Å². The molecular formula is C12H20N2O3. The monoisotopic (exact) mass is 240 g/mol. The number of hydrogen-bond acceptors (Lipinski definition) is 3. The molecule has 0 saturated carbocycles. The Kier molecular flexibility index (Phi) is 5.52.